The quantitative estimate of drug-likeness (QED) is 0.869. The fourth-order valence-electron chi connectivity index (χ4n) is 2.41. The van der Waals surface area contributed by atoms with Crippen molar-refractivity contribution in [3.63, 3.8) is 0 Å². The maximum absolute atomic E-state index is 11.3. The Morgan fingerprint density at radius 2 is 2.20 bits per heavy atom. The molecular weight excluding hydrogens is 256 g/mol. The van der Waals surface area contributed by atoms with Crippen LogP contribution >= 0.6 is 0 Å². The van der Waals surface area contributed by atoms with Crippen LogP contribution in [0.5, 0.6) is 5.75 Å². The fraction of sp³-hybridized carbons (Fsp3) is 0.357. The van der Waals surface area contributed by atoms with Gasteiger partial charge in [-0.15, -0.1) is 0 Å². The van der Waals surface area contributed by atoms with E-state index in [-0.39, 0.29) is 11.3 Å². The van der Waals surface area contributed by atoms with Gasteiger partial charge < -0.3 is 10.5 Å². The SMILES string of the molecule is CC1(C)CCc2cc(-c3n[nH]nc3C(N)=O)ccc2O1. The number of aromatic nitrogens is 3. The highest BCUT2D eigenvalue weighted by Gasteiger charge is 2.27. The monoisotopic (exact) mass is 272 g/mol. The van der Waals surface area contributed by atoms with Crippen LogP contribution in [-0.2, 0) is 6.42 Å². The zero-order chi connectivity index (χ0) is 14.3. The Hall–Kier alpha value is -2.37. The number of ether oxygens (including phenoxy) is 1. The molecule has 20 heavy (non-hydrogen) atoms. The van der Waals surface area contributed by atoms with Crippen LogP contribution in [0.25, 0.3) is 11.3 Å². The first-order valence-electron chi connectivity index (χ1n) is 6.49. The van der Waals surface area contributed by atoms with Gasteiger partial charge in [0.05, 0.1) is 0 Å². The summed E-state index contributed by atoms with van der Waals surface area (Å²) in [5.74, 6) is 0.290. The number of fused-ring (bicyclic) bond motifs is 1. The number of nitrogens with two attached hydrogens (primary N) is 1. The van der Waals surface area contributed by atoms with Gasteiger partial charge in [-0.1, -0.05) is 0 Å². The summed E-state index contributed by atoms with van der Waals surface area (Å²) in [6.45, 7) is 4.15. The Labute approximate surface area is 116 Å². The van der Waals surface area contributed by atoms with Crippen LogP contribution in [0.4, 0.5) is 0 Å². The number of carbonyl (C=O) groups is 1. The normalized spacial score (nSPS) is 16.3. The molecule has 0 bridgehead atoms. The lowest BCUT2D eigenvalue weighted by Gasteiger charge is -2.32. The maximum Gasteiger partial charge on any atom is 0.271 e. The number of H-pyrrole nitrogens is 1. The van der Waals surface area contributed by atoms with Crippen LogP contribution in [0, 0.1) is 0 Å². The molecule has 1 aliphatic rings. The molecule has 6 nitrogen and oxygen atoms in total. The summed E-state index contributed by atoms with van der Waals surface area (Å²) in [4.78, 5) is 11.3. The maximum atomic E-state index is 11.3. The van der Waals surface area contributed by atoms with E-state index >= 15 is 0 Å². The highest BCUT2D eigenvalue weighted by molar-refractivity contribution is 5.96. The van der Waals surface area contributed by atoms with Crippen molar-refractivity contribution in [2.45, 2.75) is 32.3 Å². The Morgan fingerprint density at radius 1 is 1.40 bits per heavy atom. The van der Waals surface area contributed by atoms with Crippen molar-refractivity contribution in [3.05, 3.63) is 29.5 Å². The van der Waals surface area contributed by atoms with E-state index in [0.717, 1.165) is 29.7 Å². The van der Waals surface area contributed by atoms with Gasteiger partial charge in [0.1, 0.15) is 17.0 Å². The predicted molar refractivity (Wildman–Crippen MR) is 73.4 cm³/mol. The van der Waals surface area contributed by atoms with Gasteiger partial charge in [-0.25, -0.2) is 0 Å². The lowest BCUT2D eigenvalue weighted by atomic mass is 9.93. The van der Waals surface area contributed by atoms with Crippen molar-refractivity contribution in [2.24, 2.45) is 5.73 Å². The van der Waals surface area contributed by atoms with Crippen LogP contribution in [0.1, 0.15) is 36.3 Å². The average molecular weight is 272 g/mol. The smallest absolute Gasteiger partial charge is 0.271 e. The van der Waals surface area contributed by atoms with E-state index in [2.05, 4.69) is 29.3 Å². The van der Waals surface area contributed by atoms with Gasteiger partial charge in [0.15, 0.2) is 5.69 Å². The number of primary amides is 1. The van der Waals surface area contributed by atoms with Gasteiger partial charge in [-0.3, -0.25) is 4.79 Å². The van der Waals surface area contributed by atoms with E-state index in [4.69, 9.17) is 10.5 Å². The van der Waals surface area contributed by atoms with Gasteiger partial charge in [0.2, 0.25) is 0 Å². The largest absolute Gasteiger partial charge is 0.488 e. The van der Waals surface area contributed by atoms with E-state index in [1.165, 1.54) is 0 Å². The second-order valence-electron chi connectivity index (χ2n) is 5.57. The second-order valence-corrected chi connectivity index (χ2v) is 5.57. The Morgan fingerprint density at radius 3 is 2.95 bits per heavy atom. The lowest BCUT2D eigenvalue weighted by molar-refractivity contribution is 0.0847. The van der Waals surface area contributed by atoms with E-state index in [1.807, 2.05) is 18.2 Å². The standard InChI is InChI=1S/C14H16N4O2/c1-14(2)6-5-8-7-9(3-4-10(8)20-14)11-12(13(15)19)17-18-16-11/h3-4,7H,5-6H2,1-2H3,(H2,15,19)(H,16,17,18). The summed E-state index contributed by atoms with van der Waals surface area (Å²) in [5.41, 5.74) is 7.70. The predicted octanol–water partition coefficient (Wildman–Crippen LogP) is 1.67. The molecule has 2 heterocycles. The molecule has 0 spiro atoms. The average Bonchev–Trinajstić information content (AvgIpc) is 2.86. The summed E-state index contributed by atoms with van der Waals surface area (Å²) in [6, 6.07) is 5.75. The first-order chi connectivity index (χ1) is 9.46. The molecule has 6 heteroatoms. The number of hydrogen-bond donors (Lipinski definition) is 2. The van der Waals surface area contributed by atoms with Crippen molar-refractivity contribution < 1.29 is 9.53 Å². The highest BCUT2D eigenvalue weighted by Crippen LogP contribution is 2.35. The number of carbonyl (C=O) groups excluding carboxylic acids is 1. The molecular formula is C14H16N4O2. The summed E-state index contributed by atoms with van der Waals surface area (Å²) < 4.78 is 5.93. The molecule has 1 aromatic heterocycles. The van der Waals surface area contributed by atoms with Crippen LogP contribution < -0.4 is 10.5 Å². The van der Waals surface area contributed by atoms with Crippen LogP contribution in [0.3, 0.4) is 0 Å². The van der Waals surface area contributed by atoms with E-state index in [1.54, 1.807) is 0 Å². The zero-order valence-electron chi connectivity index (χ0n) is 11.4. The van der Waals surface area contributed by atoms with Gasteiger partial charge in [-0.2, -0.15) is 15.4 Å². The molecule has 0 saturated carbocycles. The molecule has 0 atom stereocenters. The highest BCUT2D eigenvalue weighted by atomic mass is 16.5. The molecule has 1 amide bonds. The van der Waals surface area contributed by atoms with Crippen LogP contribution in [0.2, 0.25) is 0 Å². The Bertz CT molecular complexity index is 676. The number of nitrogens with one attached hydrogen (secondary N) is 1. The summed E-state index contributed by atoms with van der Waals surface area (Å²) in [7, 11) is 0. The van der Waals surface area contributed by atoms with Gasteiger partial charge in [0.25, 0.3) is 5.91 Å². The number of amides is 1. The minimum absolute atomic E-state index is 0.138. The molecule has 104 valence electrons. The minimum Gasteiger partial charge on any atom is -0.488 e. The number of hydrogen-bond acceptors (Lipinski definition) is 4. The van der Waals surface area contributed by atoms with Gasteiger partial charge >= 0.3 is 0 Å². The van der Waals surface area contributed by atoms with E-state index < -0.39 is 5.91 Å². The minimum atomic E-state index is -0.594. The number of nitrogens with zero attached hydrogens (tertiary/aromatic N) is 2. The molecule has 1 aliphatic heterocycles. The molecule has 1 aromatic carbocycles. The number of aryl methyl sites for hydroxylation is 1. The third kappa shape index (κ3) is 2.13. The molecule has 0 radical (unpaired) electrons. The van der Waals surface area contributed by atoms with Crippen molar-refractivity contribution in [3.8, 4) is 17.0 Å². The first kappa shape index (κ1) is 12.7. The topological polar surface area (TPSA) is 93.9 Å². The molecule has 0 unspecified atom stereocenters. The Balaban J connectivity index is 2.01. The van der Waals surface area contributed by atoms with Gasteiger partial charge in [0, 0.05) is 5.56 Å². The van der Waals surface area contributed by atoms with E-state index in [9.17, 15) is 4.79 Å². The van der Waals surface area contributed by atoms with E-state index in [0.29, 0.717) is 5.69 Å². The van der Waals surface area contributed by atoms with Crippen molar-refractivity contribution in [1.29, 1.82) is 0 Å². The van der Waals surface area contributed by atoms with Gasteiger partial charge in [-0.05, 0) is 50.5 Å². The van der Waals surface area contributed by atoms with Crippen molar-refractivity contribution >= 4 is 5.91 Å². The summed E-state index contributed by atoms with van der Waals surface area (Å²) in [5, 5.41) is 10.2. The molecule has 0 fully saturated rings. The van der Waals surface area contributed by atoms with Crippen molar-refractivity contribution in [2.75, 3.05) is 0 Å². The Kier molecular flexibility index (Phi) is 2.74. The van der Waals surface area contributed by atoms with Crippen LogP contribution in [-0.4, -0.2) is 26.9 Å². The fourth-order valence-corrected chi connectivity index (χ4v) is 2.41. The number of benzene rings is 1. The van der Waals surface area contributed by atoms with Crippen LogP contribution in [0.15, 0.2) is 18.2 Å². The molecule has 2 aromatic rings. The third-order valence-corrected chi connectivity index (χ3v) is 3.50. The van der Waals surface area contributed by atoms with Crippen molar-refractivity contribution in [1.82, 2.24) is 15.4 Å². The summed E-state index contributed by atoms with van der Waals surface area (Å²) >= 11 is 0. The summed E-state index contributed by atoms with van der Waals surface area (Å²) in [6.07, 6.45) is 1.88. The number of aromatic amines is 1. The zero-order valence-corrected chi connectivity index (χ0v) is 11.4. The molecule has 0 aliphatic carbocycles. The molecule has 3 N–H and O–H groups in total. The molecule has 0 saturated heterocycles. The lowest BCUT2D eigenvalue weighted by Crippen LogP contribution is -2.32. The first-order valence-corrected chi connectivity index (χ1v) is 6.49. The third-order valence-electron chi connectivity index (χ3n) is 3.50. The number of rotatable bonds is 2. The molecule has 3 rings (SSSR count). The second kappa shape index (κ2) is 4.33.